The summed E-state index contributed by atoms with van der Waals surface area (Å²) in [6, 6.07) is 10.0. The van der Waals surface area contributed by atoms with Gasteiger partial charge in [-0.2, -0.15) is 5.10 Å². The second-order valence-electron chi connectivity index (χ2n) is 8.99. The maximum Gasteiger partial charge on any atom is 0.274 e. The maximum atomic E-state index is 12.9. The minimum Gasteiger partial charge on any atom is -0.352 e. The van der Waals surface area contributed by atoms with Crippen molar-refractivity contribution >= 4 is 39.9 Å². The number of carbonyl (C=O) groups is 2. The van der Waals surface area contributed by atoms with Crippen molar-refractivity contribution in [2.75, 3.05) is 5.32 Å². The molecule has 32 heavy (non-hydrogen) atoms. The first-order valence-electron chi connectivity index (χ1n) is 10.4. The van der Waals surface area contributed by atoms with Gasteiger partial charge >= 0.3 is 0 Å². The van der Waals surface area contributed by atoms with Gasteiger partial charge in [-0.15, -0.1) is 0 Å². The van der Waals surface area contributed by atoms with Crippen LogP contribution in [0.4, 0.5) is 5.69 Å². The summed E-state index contributed by atoms with van der Waals surface area (Å²) in [7, 11) is 0. The van der Waals surface area contributed by atoms with E-state index in [2.05, 4.69) is 15.7 Å². The van der Waals surface area contributed by atoms with E-state index in [-0.39, 0.29) is 29.6 Å². The van der Waals surface area contributed by atoms with Crippen LogP contribution >= 0.6 is 11.6 Å². The smallest absolute Gasteiger partial charge is 0.274 e. The Morgan fingerprint density at radius 3 is 2.50 bits per heavy atom. The molecule has 0 saturated heterocycles. The fraction of sp³-hybridized carbons (Fsp3) is 0.333. The topological polar surface area (TPSA) is 93.1 Å². The third-order valence-electron chi connectivity index (χ3n) is 4.97. The predicted octanol–water partition coefficient (Wildman–Crippen LogP) is 4.55. The Hall–Kier alpha value is -3.19. The van der Waals surface area contributed by atoms with Gasteiger partial charge in [-0.1, -0.05) is 44.5 Å². The summed E-state index contributed by atoms with van der Waals surface area (Å²) in [6.45, 7) is 9.54. The molecule has 0 aliphatic rings. The van der Waals surface area contributed by atoms with Gasteiger partial charge in [0.05, 0.1) is 28.2 Å². The summed E-state index contributed by atoms with van der Waals surface area (Å²) in [5, 5.41) is 11.3. The average Bonchev–Trinajstić information content (AvgIpc) is 2.72. The number of fused-ring (bicyclic) bond motifs is 1. The Labute approximate surface area is 191 Å². The summed E-state index contributed by atoms with van der Waals surface area (Å²) in [6.07, 6.45) is 1.63. The molecule has 2 aromatic carbocycles. The number of carbonyl (C=O) groups excluding carboxylic acids is 2. The number of rotatable bonds is 5. The minimum atomic E-state index is -0.508. The molecule has 1 heterocycles. The van der Waals surface area contributed by atoms with Gasteiger partial charge in [0.1, 0.15) is 0 Å². The molecule has 7 nitrogen and oxygen atoms in total. The molecule has 0 saturated carbocycles. The highest BCUT2D eigenvalue weighted by Crippen LogP contribution is 2.22. The van der Waals surface area contributed by atoms with Crippen LogP contribution in [-0.2, 0) is 11.3 Å². The number of aromatic nitrogens is 2. The van der Waals surface area contributed by atoms with E-state index in [9.17, 15) is 14.4 Å². The highest BCUT2D eigenvalue weighted by atomic mass is 35.5. The van der Waals surface area contributed by atoms with Crippen LogP contribution < -0.4 is 16.2 Å². The quantitative estimate of drug-likeness (QED) is 0.591. The van der Waals surface area contributed by atoms with E-state index < -0.39 is 11.3 Å². The molecular formula is C24H27ClN4O3. The number of nitrogens with zero attached hydrogens (tertiary/aromatic N) is 2. The third-order valence-corrected chi connectivity index (χ3v) is 5.30. The normalized spacial score (nSPS) is 11.6. The van der Waals surface area contributed by atoms with E-state index in [4.69, 9.17) is 11.6 Å². The zero-order chi connectivity index (χ0) is 23.6. The number of halogens is 1. The highest BCUT2D eigenvalue weighted by Gasteiger charge is 2.21. The molecule has 2 amide bonds. The molecule has 0 unspecified atom stereocenters. The molecule has 0 radical (unpaired) electrons. The van der Waals surface area contributed by atoms with Crippen LogP contribution in [0.25, 0.3) is 10.8 Å². The van der Waals surface area contributed by atoms with Crippen molar-refractivity contribution in [1.29, 1.82) is 0 Å². The van der Waals surface area contributed by atoms with Crippen LogP contribution in [0.15, 0.2) is 47.4 Å². The van der Waals surface area contributed by atoms with E-state index in [1.807, 2.05) is 34.6 Å². The van der Waals surface area contributed by atoms with E-state index in [0.29, 0.717) is 21.5 Å². The lowest BCUT2D eigenvalue weighted by molar-refractivity contribution is -0.128. The molecule has 0 spiro atoms. The van der Waals surface area contributed by atoms with Gasteiger partial charge in [-0.05, 0) is 43.7 Å². The summed E-state index contributed by atoms with van der Waals surface area (Å²) >= 11 is 6.26. The fourth-order valence-corrected chi connectivity index (χ4v) is 3.31. The van der Waals surface area contributed by atoms with Crippen molar-refractivity contribution in [1.82, 2.24) is 15.1 Å². The fourth-order valence-electron chi connectivity index (χ4n) is 3.10. The summed E-state index contributed by atoms with van der Waals surface area (Å²) in [5.41, 5.74) is 0.781. The molecule has 0 bridgehead atoms. The molecule has 0 fully saturated rings. The average molecular weight is 455 g/mol. The molecule has 0 aliphatic carbocycles. The summed E-state index contributed by atoms with van der Waals surface area (Å²) in [4.78, 5) is 37.7. The Balaban J connectivity index is 1.83. The lowest BCUT2D eigenvalue weighted by Crippen LogP contribution is -2.34. The molecule has 3 aromatic rings. The Morgan fingerprint density at radius 2 is 1.84 bits per heavy atom. The molecular weight excluding hydrogens is 428 g/mol. The van der Waals surface area contributed by atoms with E-state index in [1.54, 1.807) is 42.6 Å². The monoisotopic (exact) mass is 454 g/mol. The van der Waals surface area contributed by atoms with E-state index >= 15 is 0 Å². The number of anilines is 1. The van der Waals surface area contributed by atoms with Crippen LogP contribution in [0.3, 0.4) is 0 Å². The lowest BCUT2D eigenvalue weighted by Gasteiger charge is -2.18. The maximum absolute atomic E-state index is 12.9. The summed E-state index contributed by atoms with van der Waals surface area (Å²) < 4.78 is 1.40. The van der Waals surface area contributed by atoms with Crippen molar-refractivity contribution in [3.8, 4) is 0 Å². The highest BCUT2D eigenvalue weighted by molar-refractivity contribution is 6.34. The largest absolute Gasteiger partial charge is 0.352 e. The van der Waals surface area contributed by atoms with Crippen molar-refractivity contribution in [3.05, 3.63) is 69.1 Å². The first kappa shape index (κ1) is 23.5. The zero-order valence-electron chi connectivity index (χ0n) is 18.8. The number of hydrogen-bond donors (Lipinski definition) is 2. The van der Waals surface area contributed by atoms with Gasteiger partial charge in [0.2, 0.25) is 5.91 Å². The molecule has 0 atom stereocenters. The van der Waals surface area contributed by atoms with Crippen molar-refractivity contribution in [2.45, 2.75) is 47.2 Å². The lowest BCUT2D eigenvalue weighted by atomic mass is 9.95. The van der Waals surface area contributed by atoms with Crippen LogP contribution in [0.1, 0.15) is 56.6 Å². The number of benzene rings is 2. The van der Waals surface area contributed by atoms with Gasteiger partial charge in [0, 0.05) is 23.0 Å². The SMILES string of the molecule is CC(C)n1ncc2ccc(NC(=O)c3cc(CNC(=O)C(C)(C)C)ccc3Cl)cc2c1=O. The van der Waals surface area contributed by atoms with Crippen LogP contribution in [0, 0.1) is 5.41 Å². The van der Waals surface area contributed by atoms with Gasteiger partial charge < -0.3 is 10.6 Å². The summed E-state index contributed by atoms with van der Waals surface area (Å²) in [5.74, 6) is -0.493. The number of amides is 2. The van der Waals surface area contributed by atoms with Crippen molar-refractivity contribution < 1.29 is 9.59 Å². The van der Waals surface area contributed by atoms with Gasteiger partial charge in [0.15, 0.2) is 0 Å². The third kappa shape index (κ3) is 5.16. The zero-order valence-corrected chi connectivity index (χ0v) is 19.6. The molecule has 8 heteroatoms. The van der Waals surface area contributed by atoms with Gasteiger partial charge in [-0.25, -0.2) is 4.68 Å². The van der Waals surface area contributed by atoms with Crippen LogP contribution in [0.5, 0.6) is 0 Å². The van der Waals surface area contributed by atoms with Gasteiger partial charge in [0.25, 0.3) is 11.5 Å². The standard InChI is InChI=1S/C24H27ClN4O3/c1-14(2)29-22(31)18-11-17(8-7-16(18)13-27-29)28-21(30)19-10-15(6-9-20(19)25)12-26-23(32)24(3,4)5/h6-11,13-14H,12H2,1-5H3,(H,26,32)(H,28,30). The van der Waals surface area contributed by atoms with Crippen molar-refractivity contribution in [3.63, 3.8) is 0 Å². The molecule has 168 valence electrons. The Kier molecular flexibility index (Phi) is 6.69. The van der Waals surface area contributed by atoms with Crippen LogP contribution in [0.2, 0.25) is 5.02 Å². The molecule has 3 rings (SSSR count). The predicted molar refractivity (Wildman–Crippen MR) is 127 cm³/mol. The molecule has 2 N–H and O–H groups in total. The van der Waals surface area contributed by atoms with E-state index in [0.717, 1.165) is 5.56 Å². The number of hydrogen-bond acceptors (Lipinski definition) is 4. The second-order valence-corrected chi connectivity index (χ2v) is 9.40. The second kappa shape index (κ2) is 9.12. The molecule has 0 aliphatic heterocycles. The van der Waals surface area contributed by atoms with Gasteiger partial charge in [-0.3, -0.25) is 14.4 Å². The first-order chi connectivity index (χ1) is 15.0. The van der Waals surface area contributed by atoms with Crippen LogP contribution in [-0.4, -0.2) is 21.6 Å². The first-order valence-corrected chi connectivity index (χ1v) is 10.7. The molecule has 1 aromatic heterocycles. The Bertz CT molecular complexity index is 1240. The van der Waals surface area contributed by atoms with Crippen molar-refractivity contribution in [2.24, 2.45) is 5.41 Å². The Morgan fingerprint density at radius 1 is 1.12 bits per heavy atom. The minimum absolute atomic E-state index is 0.0783. The van der Waals surface area contributed by atoms with E-state index in [1.165, 1.54) is 4.68 Å². The number of nitrogens with one attached hydrogen (secondary N) is 2.